The molecule has 0 atom stereocenters. The maximum atomic E-state index is 12.3. The fraction of sp³-hybridized carbons (Fsp3) is 0.158. The van der Waals surface area contributed by atoms with Gasteiger partial charge in [-0.1, -0.05) is 28.1 Å². The second-order valence-electron chi connectivity index (χ2n) is 5.30. The third-order valence-corrected chi connectivity index (χ3v) is 3.92. The Labute approximate surface area is 154 Å². The first-order valence-electron chi connectivity index (χ1n) is 7.60. The molecule has 0 aliphatic heterocycles. The van der Waals surface area contributed by atoms with Crippen molar-refractivity contribution in [2.45, 2.75) is 6.42 Å². The minimum absolute atomic E-state index is 0.209. The van der Waals surface area contributed by atoms with E-state index in [0.29, 0.717) is 28.6 Å². The lowest BCUT2D eigenvalue weighted by molar-refractivity contribution is -0.131. The van der Waals surface area contributed by atoms with Crippen LogP contribution in [0.5, 0.6) is 5.75 Å². The van der Waals surface area contributed by atoms with Crippen LogP contribution >= 0.6 is 15.9 Å². The molecule has 25 heavy (non-hydrogen) atoms. The first-order chi connectivity index (χ1) is 12.0. The molecule has 0 bridgehead atoms. The molecule has 0 aliphatic rings. The third-order valence-electron chi connectivity index (χ3n) is 3.46. The molecule has 2 aromatic rings. The lowest BCUT2D eigenvalue weighted by atomic mass is 10.1. The quantitative estimate of drug-likeness (QED) is 0.693. The van der Waals surface area contributed by atoms with E-state index in [0.717, 1.165) is 17.4 Å². The molecule has 6 heteroatoms. The second-order valence-corrected chi connectivity index (χ2v) is 6.21. The summed E-state index contributed by atoms with van der Waals surface area (Å²) in [5, 5.41) is 11.6. The molecule has 0 saturated carbocycles. The molecule has 0 fully saturated rings. The van der Waals surface area contributed by atoms with Crippen LogP contribution in [0.3, 0.4) is 0 Å². The van der Waals surface area contributed by atoms with Gasteiger partial charge in [-0.2, -0.15) is 0 Å². The molecule has 0 unspecified atom stereocenters. The summed E-state index contributed by atoms with van der Waals surface area (Å²) in [6.07, 6.45) is 3.18. The molecule has 0 aliphatic carbocycles. The van der Waals surface area contributed by atoms with Crippen molar-refractivity contribution in [3.63, 3.8) is 0 Å². The summed E-state index contributed by atoms with van der Waals surface area (Å²) in [6.45, 7) is 0.498. The van der Waals surface area contributed by atoms with E-state index in [4.69, 9.17) is 9.84 Å². The summed E-state index contributed by atoms with van der Waals surface area (Å²) in [6, 6.07) is 12.8. The number of halogens is 1. The van der Waals surface area contributed by atoms with Crippen molar-refractivity contribution in [1.29, 1.82) is 0 Å². The Kier molecular flexibility index (Phi) is 6.77. The van der Waals surface area contributed by atoms with E-state index < -0.39 is 5.97 Å². The van der Waals surface area contributed by atoms with Crippen molar-refractivity contribution in [1.82, 2.24) is 5.32 Å². The number of carboxylic acid groups (broad SMARTS) is 1. The number of carboxylic acids is 1. The summed E-state index contributed by atoms with van der Waals surface area (Å²) < 4.78 is 5.82. The Morgan fingerprint density at radius 3 is 2.56 bits per heavy atom. The summed E-state index contributed by atoms with van der Waals surface area (Å²) in [7, 11) is 1.62. The number of hydrogen-bond donors (Lipinski definition) is 2. The zero-order valence-corrected chi connectivity index (χ0v) is 15.2. The molecule has 0 aromatic heterocycles. The van der Waals surface area contributed by atoms with E-state index in [1.807, 2.05) is 24.3 Å². The van der Waals surface area contributed by atoms with Crippen LogP contribution in [0.15, 0.2) is 53.0 Å². The van der Waals surface area contributed by atoms with Crippen molar-refractivity contribution in [3.8, 4) is 5.75 Å². The van der Waals surface area contributed by atoms with Crippen LogP contribution in [0, 0.1) is 0 Å². The molecule has 0 spiro atoms. The number of benzene rings is 2. The van der Waals surface area contributed by atoms with Crippen molar-refractivity contribution in [2.24, 2.45) is 0 Å². The highest BCUT2D eigenvalue weighted by molar-refractivity contribution is 9.10. The van der Waals surface area contributed by atoms with Gasteiger partial charge in [0.05, 0.1) is 7.11 Å². The molecule has 0 radical (unpaired) electrons. The maximum absolute atomic E-state index is 12.3. The Hall–Kier alpha value is -2.60. The Morgan fingerprint density at radius 1 is 1.20 bits per heavy atom. The van der Waals surface area contributed by atoms with E-state index in [1.54, 1.807) is 25.3 Å². The van der Waals surface area contributed by atoms with Crippen molar-refractivity contribution < 1.29 is 19.4 Å². The van der Waals surface area contributed by atoms with Gasteiger partial charge in [0.2, 0.25) is 0 Å². The summed E-state index contributed by atoms with van der Waals surface area (Å²) >= 11 is 3.33. The molecule has 0 saturated heterocycles. The van der Waals surface area contributed by atoms with E-state index >= 15 is 0 Å². The number of amides is 1. The molecule has 0 heterocycles. The Balaban J connectivity index is 1.96. The number of hydrogen-bond acceptors (Lipinski definition) is 3. The first kappa shape index (κ1) is 18.7. The largest absolute Gasteiger partial charge is 0.497 e. The number of nitrogens with one attached hydrogen (secondary N) is 1. The monoisotopic (exact) mass is 403 g/mol. The van der Waals surface area contributed by atoms with E-state index in [1.165, 1.54) is 6.08 Å². The highest BCUT2D eigenvalue weighted by Gasteiger charge is 2.07. The second kappa shape index (κ2) is 9.03. The number of rotatable bonds is 7. The van der Waals surface area contributed by atoms with Crippen LogP contribution in [-0.4, -0.2) is 30.6 Å². The molecule has 2 aromatic carbocycles. The minimum Gasteiger partial charge on any atom is -0.497 e. The van der Waals surface area contributed by atoms with Gasteiger partial charge < -0.3 is 15.2 Å². The Morgan fingerprint density at radius 2 is 1.92 bits per heavy atom. The van der Waals surface area contributed by atoms with Gasteiger partial charge in [-0.15, -0.1) is 0 Å². The number of ether oxygens (including phenoxy) is 1. The predicted molar refractivity (Wildman–Crippen MR) is 99.8 cm³/mol. The highest BCUT2D eigenvalue weighted by atomic mass is 79.9. The summed E-state index contributed by atoms with van der Waals surface area (Å²) in [5.74, 6) is -0.450. The van der Waals surface area contributed by atoms with Crippen LogP contribution in [-0.2, 0) is 11.2 Å². The SMILES string of the molecule is COc1ccc(CCNC(=O)c2cc(Br)cc(/C=C/C(=O)O)c2)cc1. The first-order valence-corrected chi connectivity index (χ1v) is 8.40. The minimum atomic E-state index is -1.04. The van der Waals surface area contributed by atoms with E-state index in [9.17, 15) is 9.59 Å². The van der Waals surface area contributed by atoms with Gasteiger partial charge in [-0.3, -0.25) is 4.79 Å². The van der Waals surface area contributed by atoms with Crippen molar-refractivity contribution in [3.05, 3.63) is 69.7 Å². The number of aliphatic carboxylic acids is 1. The van der Waals surface area contributed by atoms with Gasteiger partial charge >= 0.3 is 5.97 Å². The summed E-state index contributed by atoms with van der Waals surface area (Å²) in [5.41, 5.74) is 2.20. The number of carbonyl (C=O) groups is 2. The Bertz CT molecular complexity index is 785. The smallest absolute Gasteiger partial charge is 0.328 e. The van der Waals surface area contributed by atoms with Crippen LogP contribution < -0.4 is 10.1 Å². The highest BCUT2D eigenvalue weighted by Crippen LogP contribution is 2.17. The van der Waals surface area contributed by atoms with Gasteiger partial charge in [-0.05, 0) is 54.0 Å². The number of carbonyl (C=O) groups excluding carboxylic acids is 1. The summed E-state index contributed by atoms with van der Waals surface area (Å²) in [4.78, 5) is 22.9. The predicted octanol–water partition coefficient (Wildman–Crippen LogP) is 3.53. The lowest BCUT2D eigenvalue weighted by Crippen LogP contribution is -2.25. The topological polar surface area (TPSA) is 75.6 Å². The van der Waals surface area contributed by atoms with Crippen LogP contribution in [0.2, 0.25) is 0 Å². The van der Waals surface area contributed by atoms with Crippen molar-refractivity contribution >= 4 is 33.9 Å². The van der Waals surface area contributed by atoms with Crippen LogP contribution in [0.4, 0.5) is 0 Å². The standard InChI is InChI=1S/C19H18BrNO4/c1-25-17-5-2-13(3-6-17)8-9-21-19(24)15-10-14(4-7-18(22)23)11-16(20)12-15/h2-7,10-12H,8-9H2,1H3,(H,21,24)(H,22,23)/b7-4+. The van der Waals surface area contributed by atoms with Gasteiger partial charge in [0.15, 0.2) is 0 Å². The molecule has 2 N–H and O–H groups in total. The van der Waals surface area contributed by atoms with Crippen LogP contribution in [0.25, 0.3) is 6.08 Å². The molecule has 5 nitrogen and oxygen atoms in total. The molecule has 1 amide bonds. The molecular weight excluding hydrogens is 386 g/mol. The lowest BCUT2D eigenvalue weighted by Gasteiger charge is -2.08. The van der Waals surface area contributed by atoms with Crippen LogP contribution in [0.1, 0.15) is 21.5 Å². The van der Waals surface area contributed by atoms with Gasteiger partial charge in [0.1, 0.15) is 5.75 Å². The maximum Gasteiger partial charge on any atom is 0.328 e. The third kappa shape index (κ3) is 6.08. The molecule has 130 valence electrons. The van der Waals surface area contributed by atoms with Gasteiger partial charge in [0, 0.05) is 22.7 Å². The average Bonchev–Trinajstić information content (AvgIpc) is 2.60. The molecule has 2 rings (SSSR count). The molecular formula is C19H18BrNO4. The fourth-order valence-electron chi connectivity index (χ4n) is 2.22. The normalized spacial score (nSPS) is 10.6. The van der Waals surface area contributed by atoms with Gasteiger partial charge in [-0.25, -0.2) is 4.79 Å². The van der Waals surface area contributed by atoms with E-state index in [2.05, 4.69) is 21.2 Å². The zero-order chi connectivity index (χ0) is 18.2. The fourth-order valence-corrected chi connectivity index (χ4v) is 2.73. The van der Waals surface area contributed by atoms with E-state index in [-0.39, 0.29) is 5.91 Å². The van der Waals surface area contributed by atoms with Gasteiger partial charge in [0.25, 0.3) is 5.91 Å². The van der Waals surface area contributed by atoms with Crippen molar-refractivity contribution in [2.75, 3.05) is 13.7 Å². The zero-order valence-electron chi connectivity index (χ0n) is 13.7. The average molecular weight is 404 g/mol. The number of methoxy groups -OCH3 is 1.